The van der Waals surface area contributed by atoms with E-state index in [0.29, 0.717) is 12.0 Å². The Labute approximate surface area is 124 Å². The van der Waals surface area contributed by atoms with Gasteiger partial charge >= 0.3 is 0 Å². The fraction of sp³-hybridized carbons (Fsp3) is 0.588. The van der Waals surface area contributed by atoms with Crippen LogP contribution in [0.5, 0.6) is 0 Å². The Bertz CT molecular complexity index is 584. The van der Waals surface area contributed by atoms with Crippen LogP contribution < -0.4 is 5.32 Å². The van der Waals surface area contributed by atoms with E-state index >= 15 is 0 Å². The van der Waals surface area contributed by atoms with E-state index in [-0.39, 0.29) is 23.4 Å². The lowest BCUT2D eigenvalue weighted by Gasteiger charge is -2.33. The van der Waals surface area contributed by atoms with Crippen LogP contribution in [0.4, 0.5) is 4.39 Å². The van der Waals surface area contributed by atoms with E-state index in [1.807, 2.05) is 11.0 Å². The lowest BCUT2D eigenvalue weighted by molar-refractivity contribution is -0.133. The van der Waals surface area contributed by atoms with Gasteiger partial charge in [0.2, 0.25) is 5.91 Å². The van der Waals surface area contributed by atoms with Crippen LogP contribution in [0.3, 0.4) is 0 Å². The second-order valence-corrected chi connectivity index (χ2v) is 6.87. The highest BCUT2D eigenvalue weighted by Gasteiger charge is 2.61. The summed E-state index contributed by atoms with van der Waals surface area (Å²) in [5, 5.41) is 3.49. The smallest absolute Gasteiger partial charge is 0.244 e. The van der Waals surface area contributed by atoms with E-state index in [9.17, 15) is 9.18 Å². The number of halogens is 1. The molecule has 1 aromatic rings. The third-order valence-corrected chi connectivity index (χ3v) is 5.42. The van der Waals surface area contributed by atoms with Crippen LogP contribution >= 0.6 is 0 Å². The van der Waals surface area contributed by atoms with Gasteiger partial charge in [0.1, 0.15) is 17.5 Å². The highest BCUT2D eigenvalue weighted by molar-refractivity contribution is 5.92. The summed E-state index contributed by atoms with van der Waals surface area (Å²) in [6, 6.07) is 6.94. The minimum Gasteiger partial charge on any atom is -0.318 e. The molecular weight excluding hydrogens is 267 g/mol. The van der Waals surface area contributed by atoms with Gasteiger partial charge in [-0.25, -0.2) is 4.39 Å². The van der Waals surface area contributed by atoms with E-state index in [1.165, 1.54) is 18.9 Å². The quantitative estimate of drug-likeness (QED) is 0.907. The predicted molar refractivity (Wildman–Crippen MR) is 77.9 cm³/mol. The Kier molecular flexibility index (Phi) is 2.86. The van der Waals surface area contributed by atoms with E-state index in [2.05, 4.69) is 12.2 Å². The minimum atomic E-state index is -0.348. The van der Waals surface area contributed by atoms with Gasteiger partial charge in [-0.1, -0.05) is 25.5 Å². The molecule has 3 atom stereocenters. The average Bonchev–Trinajstić information content (AvgIpc) is 3.05. The number of amides is 1. The molecule has 0 radical (unpaired) electrons. The topological polar surface area (TPSA) is 32.3 Å². The molecule has 4 heteroatoms. The molecule has 3 fully saturated rings. The number of nitrogens with zero attached hydrogens (tertiary/aromatic N) is 1. The van der Waals surface area contributed by atoms with Gasteiger partial charge in [0, 0.05) is 6.04 Å². The van der Waals surface area contributed by atoms with E-state index in [1.54, 1.807) is 12.1 Å². The Hall–Kier alpha value is -1.42. The molecule has 1 N–H and O–H groups in total. The molecule has 1 amide bonds. The SMILES string of the molecule is CC1CCCC1N1C(=O)C2(CC2)NC1c1cccc(F)c1. The largest absolute Gasteiger partial charge is 0.318 e. The first-order valence-electron chi connectivity index (χ1n) is 7.97. The Morgan fingerprint density at radius 1 is 1.33 bits per heavy atom. The summed E-state index contributed by atoms with van der Waals surface area (Å²) < 4.78 is 13.6. The number of rotatable bonds is 2. The number of hydrogen-bond acceptors (Lipinski definition) is 2. The second kappa shape index (κ2) is 4.54. The zero-order valence-electron chi connectivity index (χ0n) is 12.3. The number of nitrogens with one attached hydrogen (secondary N) is 1. The highest BCUT2D eigenvalue weighted by Crippen LogP contribution is 2.49. The second-order valence-electron chi connectivity index (χ2n) is 6.87. The summed E-state index contributed by atoms with van der Waals surface area (Å²) >= 11 is 0. The molecule has 1 aliphatic heterocycles. The van der Waals surface area contributed by atoms with Gasteiger partial charge in [0.15, 0.2) is 0 Å². The Morgan fingerprint density at radius 3 is 2.76 bits per heavy atom. The summed E-state index contributed by atoms with van der Waals surface area (Å²) in [4.78, 5) is 14.9. The first-order valence-corrected chi connectivity index (χ1v) is 7.97. The molecule has 2 saturated carbocycles. The van der Waals surface area contributed by atoms with Crippen LogP contribution in [-0.2, 0) is 4.79 Å². The third-order valence-electron chi connectivity index (χ3n) is 5.42. The maximum atomic E-state index is 13.6. The van der Waals surface area contributed by atoms with Crippen LogP contribution in [0.15, 0.2) is 24.3 Å². The number of carbonyl (C=O) groups excluding carboxylic acids is 1. The van der Waals surface area contributed by atoms with Crippen molar-refractivity contribution < 1.29 is 9.18 Å². The van der Waals surface area contributed by atoms with Crippen molar-refractivity contribution >= 4 is 5.91 Å². The molecule has 1 aromatic carbocycles. The molecule has 1 saturated heterocycles. The van der Waals surface area contributed by atoms with Crippen molar-refractivity contribution in [2.75, 3.05) is 0 Å². The molecule has 0 bridgehead atoms. The van der Waals surface area contributed by atoms with Gasteiger partial charge in [-0.2, -0.15) is 0 Å². The van der Waals surface area contributed by atoms with Crippen molar-refractivity contribution in [2.24, 2.45) is 5.92 Å². The molecule has 3 aliphatic rings. The van der Waals surface area contributed by atoms with E-state index in [4.69, 9.17) is 0 Å². The molecule has 112 valence electrons. The van der Waals surface area contributed by atoms with Gasteiger partial charge in [0.05, 0.1) is 0 Å². The fourth-order valence-corrected chi connectivity index (χ4v) is 4.04. The minimum absolute atomic E-state index is 0.166. The summed E-state index contributed by atoms with van der Waals surface area (Å²) in [5.41, 5.74) is 0.519. The Balaban J connectivity index is 1.72. The molecule has 1 heterocycles. The first kappa shape index (κ1) is 13.3. The molecule has 21 heavy (non-hydrogen) atoms. The van der Waals surface area contributed by atoms with Gasteiger partial charge in [-0.15, -0.1) is 0 Å². The average molecular weight is 288 g/mol. The predicted octanol–water partition coefficient (Wildman–Crippen LogP) is 2.98. The molecule has 3 nitrogen and oxygen atoms in total. The molecule has 4 rings (SSSR count). The Morgan fingerprint density at radius 2 is 2.14 bits per heavy atom. The number of hydrogen-bond donors (Lipinski definition) is 1. The van der Waals surface area contributed by atoms with Crippen molar-refractivity contribution in [3.8, 4) is 0 Å². The molecule has 0 aromatic heterocycles. The summed E-state index contributed by atoms with van der Waals surface area (Å²) in [6.07, 6.45) is 5.08. The molecule has 3 unspecified atom stereocenters. The van der Waals surface area contributed by atoms with Crippen LogP contribution in [0.1, 0.15) is 50.8 Å². The van der Waals surface area contributed by atoms with Crippen LogP contribution in [0.25, 0.3) is 0 Å². The highest BCUT2D eigenvalue weighted by atomic mass is 19.1. The maximum Gasteiger partial charge on any atom is 0.244 e. The van der Waals surface area contributed by atoms with Gasteiger partial charge < -0.3 is 4.90 Å². The van der Waals surface area contributed by atoms with E-state index in [0.717, 1.165) is 24.8 Å². The lowest BCUT2D eigenvalue weighted by atomic mass is 10.0. The maximum absolute atomic E-state index is 13.6. The van der Waals surface area contributed by atoms with Crippen molar-refractivity contribution in [1.82, 2.24) is 10.2 Å². The molecular formula is C17H21FN2O. The van der Waals surface area contributed by atoms with Crippen molar-refractivity contribution in [2.45, 2.75) is 56.8 Å². The zero-order valence-corrected chi connectivity index (χ0v) is 12.3. The lowest BCUT2D eigenvalue weighted by Crippen LogP contribution is -2.41. The zero-order chi connectivity index (χ0) is 14.6. The standard InChI is InChI=1S/C17H21FN2O/c1-11-4-2-7-14(11)20-15(12-5-3-6-13(18)10-12)19-17(8-9-17)16(20)21/h3,5-6,10-11,14-15,19H,2,4,7-9H2,1H3. The first-order chi connectivity index (χ1) is 10.1. The van der Waals surface area contributed by atoms with Crippen molar-refractivity contribution in [3.05, 3.63) is 35.6 Å². The van der Waals surface area contributed by atoms with Crippen molar-refractivity contribution in [1.29, 1.82) is 0 Å². The molecule has 1 spiro atoms. The fourth-order valence-electron chi connectivity index (χ4n) is 4.04. The molecule has 2 aliphatic carbocycles. The third kappa shape index (κ3) is 2.00. The van der Waals surface area contributed by atoms with Crippen LogP contribution in [0, 0.1) is 11.7 Å². The summed E-state index contributed by atoms with van der Waals surface area (Å²) in [6.45, 7) is 2.23. The normalized spacial score (nSPS) is 33.9. The van der Waals surface area contributed by atoms with Gasteiger partial charge in [-0.3, -0.25) is 10.1 Å². The van der Waals surface area contributed by atoms with E-state index < -0.39 is 0 Å². The monoisotopic (exact) mass is 288 g/mol. The van der Waals surface area contributed by atoms with Crippen LogP contribution in [-0.4, -0.2) is 22.4 Å². The van der Waals surface area contributed by atoms with Gasteiger partial charge in [-0.05, 0) is 49.3 Å². The number of benzene rings is 1. The summed E-state index contributed by atoms with van der Waals surface area (Å²) in [5.74, 6) is 0.522. The number of carbonyl (C=O) groups is 1. The summed E-state index contributed by atoms with van der Waals surface area (Å²) in [7, 11) is 0. The van der Waals surface area contributed by atoms with Gasteiger partial charge in [0.25, 0.3) is 0 Å². The van der Waals surface area contributed by atoms with Crippen molar-refractivity contribution in [3.63, 3.8) is 0 Å². The van der Waals surface area contributed by atoms with Crippen LogP contribution in [0.2, 0.25) is 0 Å².